The van der Waals surface area contributed by atoms with Crippen LogP contribution in [0.2, 0.25) is 0 Å². The molecule has 0 radical (unpaired) electrons. The summed E-state index contributed by atoms with van der Waals surface area (Å²) in [6, 6.07) is 8.85. The Labute approximate surface area is 101 Å². The van der Waals surface area contributed by atoms with Crippen LogP contribution in [0.3, 0.4) is 0 Å². The first-order valence-corrected chi connectivity index (χ1v) is 6.46. The van der Waals surface area contributed by atoms with E-state index in [0.717, 1.165) is 5.92 Å². The van der Waals surface area contributed by atoms with Gasteiger partial charge in [0, 0.05) is 0 Å². The van der Waals surface area contributed by atoms with Crippen LogP contribution < -0.4 is 0 Å². The van der Waals surface area contributed by atoms with Crippen LogP contribution >= 0.6 is 0 Å². The molecule has 16 heavy (non-hydrogen) atoms. The Hall–Kier alpha value is -0.780. The minimum Gasteiger partial charge on any atom is -0.0620 e. The van der Waals surface area contributed by atoms with Crippen LogP contribution in [0, 0.1) is 5.41 Å². The average Bonchev–Trinajstić information content (AvgIpc) is 2.16. The molecule has 1 aromatic rings. The predicted octanol–water partition coefficient (Wildman–Crippen LogP) is 5.18. The second-order valence-electron chi connectivity index (χ2n) is 6.49. The van der Waals surface area contributed by atoms with Gasteiger partial charge in [-0.2, -0.15) is 0 Å². The summed E-state index contributed by atoms with van der Waals surface area (Å²) in [5.41, 5.74) is 3.66. The van der Waals surface area contributed by atoms with E-state index in [1.807, 2.05) is 0 Å². The number of rotatable bonds is 0. The fourth-order valence-corrected chi connectivity index (χ4v) is 2.00. The maximum atomic E-state index is 2.33. The molecule has 0 nitrogen and oxygen atoms in total. The van der Waals surface area contributed by atoms with E-state index in [4.69, 9.17) is 0 Å². The summed E-state index contributed by atoms with van der Waals surface area (Å²) in [7, 11) is 0. The second kappa shape index (κ2) is 5.52. The molecule has 1 unspecified atom stereocenters. The Bertz CT molecular complexity index is 311. The Morgan fingerprint density at radius 1 is 1.06 bits per heavy atom. The van der Waals surface area contributed by atoms with Crippen molar-refractivity contribution in [3.8, 4) is 0 Å². The smallest absolute Gasteiger partial charge is 0.0188 e. The first kappa shape index (κ1) is 13.3. The van der Waals surface area contributed by atoms with Crippen molar-refractivity contribution in [2.75, 3.05) is 0 Å². The third kappa shape index (κ3) is 4.83. The topological polar surface area (TPSA) is 0 Å². The van der Waals surface area contributed by atoms with Crippen LogP contribution in [0.4, 0.5) is 0 Å². The van der Waals surface area contributed by atoms with Gasteiger partial charge in [-0.05, 0) is 41.7 Å². The summed E-state index contributed by atoms with van der Waals surface area (Å²) in [6.07, 6.45) is 4.04. The molecule has 0 aliphatic heterocycles. The minimum absolute atomic E-state index is 0.500. The number of hydrogen-bond acceptors (Lipinski definition) is 0. The molecule has 0 N–H and O–H groups in total. The molecule has 1 aliphatic carbocycles. The third-order valence-electron chi connectivity index (χ3n) is 2.67. The standard InChI is InChI=1S/C11H14.C5H12/c1-9-5-4-7-10-6-2-3-8-11(9)10;1-5(2,3)4/h2-3,6,8-9H,4-5,7H2,1H3;1-4H3. The molecule has 90 valence electrons. The lowest BCUT2D eigenvalue weighted by Crippen LogP contribution is -2.05. The lowest BCUT2D eigenvalue weighted by atomic mass is 9.84. The van der Waals surface area contributed by atoms with Gasteiger partial charge in [-0.3, -0.25) is 0 Å². The van der Waals surface area contributed by atoms with Gasteiger partial charge in [0.15, 0.2) is 0 Å². The molecule has 0 fully saturated rings. The van der Waals surface area contributed by atoms with Crippen molar-refractivity contribution < 1.29 is 0 Å². The average molecular weight is 218 g/mol. The van der Waals surface area contributed by atoms with Gasteiger partial charge in [-0.15, -0.1) is 0 Å². The molecular weight excluding hydrogens is 192 g/mol. The fourth-order valence-electron chi connectivity index (χ4n) is 2.00. The van der Waals surface area contributed by atoms with E-state index < -0.39 is 0 Å². The maximum absolute atomic E-state index is 2.33. The molecular formula is C16H26. The summed E-state index contributed by atoms with van der Waals surface area (Å²) in [4.78, 5) is 0. The summed E-state index contributed by atoms with van der Waals surface area (Å²) in [5.74, 6) is 0.792. The minimum atomic E-state index is 0.500. The van der Waals surface area contributed by atoms with Crippen molar-refractivity contribution >= 4 is 0 Å². The van der Waals surface area contributed by atoms with Gasteiger partial charge in [-0.1, -0.05) is 58.9 Å². The molecule has 1 aromatic carbocycles. The van der Waals surface area contributed by atoms with Crippen molar-refractivity contribution in [3.63, 3.8) is 0 Å². The van der Waals surface area contributed by atoms with Crippen LogP contribution in [-0.2, 0) is 6.42 Å². The molecule has 1 aliphatic rings. The van der Waals surface area contributed by atoms with Gasteiger partial charge in [-0.25, -0.2) is 0 Å². The van der Waals surface area contributed by atoms with E-state index in [9.17, 15) is 0 Å². The van der Waals surface area contributed by atoms with E-state index in [1.54, 1.807) is 11.1 Å². The van der Waals surface area contributed by atoms with Gasteiger partial charge in [0.25, 0.3) is 0 Å². The van der Waals surface area contributed by atoms with Crippen molar-refractivity contribution in [2.24, 2.45) is 5.41 Å². The van der Waals surface area contributed by atoms with Gasteiger partial charge >= 0.3 is 0 Å². The number of fused-ring (bicyclic) bond motifs is 1. The highest BCUT2D eigenvalue weighted by molar-refractivity contribution is 5.31. The zero-order chi connectivity index (χ0) is 12.2. The van der Waals surface area contributed by atoms with E-state index in [0.29, 0.717) is 5.41 Å². The largest absolute Gasteiger partial charge is 0.0620 e. The lowest BCUT2D eigenvalue weighted by Gasteiger charge is -2.21. The molecule has 0 heterocycles. The van der Waals surface area contributed by atoms with Crippen LogP contribution in [0.15, 0.2) is 24.3 Å². The molecule has 0 bridgehead atoms. The number of aryl methyl sites for hydroxylation is 1. The van der Waals surface area contributed by atoms with E-state index in [-0.39, 0.29) is 0 Å². The van der Waals surface area contributed by atoms with Crippen LogP contribution in [0.1, 0.15) is 64.5 Å². The van der Waals surface area contributed by atoms with Gasteiger partial charge in [0.1, 0.15) is 0 Å². The lowest BCUT2D eigenvalue weighted by molar-refractivity contribution is 0.469. The van der Waals surface area contributed by atoms with Gasteiger partial charge in [0.2, 0.25) is 0 Å². The molecule has 0 saturated carbocycles. The van der Waals surface area contributed by atoms with Crippen LogP contribution in [0.5, 0.6) is 0 Å². The summed E-state index contributed by atoms with van der Waals surface area (Å²) >= 11 is 0. The number of hydrogen-bond donors (Lipinski definition) is 0. The van der Waals surface area contributed by atoms with E-state index in [1.165, 1.54) is 19.3 Å². The molecule has 1 atom stereocenters. The Morgan fingerprint density at radius 2 is 1.62 bits per heavy atom. The molecule has 0 saturated heterocycles. The second-order valence-corrected chi connectivity index (χ2v) is 6.49. The Balaban J connectivity index is 0.000000221. The Kier molecular flexibility index (Phi) is 4.58. The highest BCUT2D eigenvalue weighted by Crippen LogP contribution is 2.30. The zero-order valence-electron chi connectivity index (χ0n) is 11.5. The summed E-state index contributed by atoms with van der Waals surface area (Å²) in [6.45, 7) is 11.1. The molecule has 0 aromatic heterocycles. The molecule has 0 heteroatoms. The first-order valence-electron chi connectivity index (χ1n) is 6.46. The van der Waals surface area contributed by atoms with Gasteiger partial charge in [0.05, 0.1) is 0 Å². The third-order valence-corrected chi connectivity index (χ3v) is 2.67. The van der Waals surface area contributed by atoms with Crippen LogP contribution in [0.25, 0.3) is 0 Å². The predicted molar refractivity (Wildman–Crippen MR) is 72.9 cm³/mol. The zero-order valence-corrected chi connectivity index (χ0v) is 11.5. The Morgan fingerprint density at radius 3 is 2.19 bits per heavy atom. The maximum Gasteiger partial charge on any atom is -0.0188 e. The fraction of sp³-hybridized carbons (Fsp3) is 0.625. The monoisotopic (exact) mass is 218 g/mol. The first-order chi connectivity index (χ1) is 7.38. The number of benzene rings is 1. The van der Waals surface area contributed by atoms with Crippen molar-refractivity contribution in [3.05, 3.63) is 35.4 Å². The van der Waals surface area contributed by atoms with Gasteiger partial charge < -0.3 is 0 Å². The van der Waals surface area contributed by atoms with Crippen molar-refractivity contribution in [1.29, 1.82) is 0 Å². The van der Waals surface area contributed by atoms with Crippen molar-refractivity contribution in [1.82, 2.24) is 0 Å². The summed E-state index contributed by atoms with van der Waals surface area (Å²) in [5, 5.41) is 0. The molecule has 0 spiro atoms. The van der Waals surface area contributed by atoms with Crippen LogP contribution in [-0.4, -0.2) is 0 Å². The summed E-state index contributed by atoms with van der Waals surface area (Å²) < 4.78 is 0. The normalized spacial score (nSPS) is 19.4. The molecule has 0 amide bonds. The highest BCUT2D eigenvalue weighted by Gasteiger charge is 2.14. The molecule has 2 rings (SSSR count). The quantitative estimate of drug-likeness (QED) is 0.563. The SMILES string of the molecule is CC(C)(C)C.CC1CCCc2ccccc21. The highest BCUT2D eigenvalue weighted by atomic mass is 14.2. The van der Waals surface area contributed by atoms with E-state index in [2.05, 4.69) is 58.9 Å². The van der Waals surface area contributed by atoms with Crippen molar-refractivity contribution in [2.45, 2.75) is 59.8 Å². The van der Waals surface area contributed by atoms with E-state index >= 15 is 0 Å².